The summed E-state index contributed by atoms with van der Waals surface area (Å²) < 4.78 is 11.2. The Kier molecular flexibility index (Phi) is 5.39. The van der Waals surface area contributed by atoms with Crippen molar-refractivity contribution in [3.63, 3.8) is 0 Å². The van der Waals surface area contributed by atoms with E-state index in [0.717, 1.165) is 22.6 Å². The van der Waals surface area contributed by atoms with Crippen molar-refractivity contribution in [1.29, 1.82) is 0 Å². The summed E-state index contributed by atoms with van der Waals surface area (Å²) in [7, 11) is 0. The second-order valence-electron chi connectivity index (χ2n) is 6.31. The molecule has 2 aromatic rings. The first-order valence-corrected chi connectivity index (χ1v) is 8.57. The summed E-state index contributed by atoms with van der Waals surface area (Å²) in [6, 6.07) is 13.9. The van der Waals surface area contributed by atoms with E-state index in [1.54, 1.807) is 6.08 Å². The maximum Gasteiger partial charge on any atom is 0.244 e. The van der Waals surface area contributed by atoms with E-state index in [9.17, 15) is 4.79 Å². The number of fused-ring (bicyclic) bond motifs is 1. The number of carbonyl (C=O) groups is 1. The molecule has 0 unspecified atom stereocenters. The lowest BCUT2D eigenvalue weighted by atomic mass is 10.0. The highest BCUT2D eigenvalue weighted by molar-refractivity contribution is 5.91. The zero-order chi connectivity index (χ0) is 17.6. The van der Waals surface area contributed by atoms with E-state index >= 15 is 0 Å². The van der Waals surface area contributed by atoms with E-state index < -0.39 is 0 Å². The molecule has 4 heteroatoms. The number of nitrogens with one attached hydrogen (secondary N) is 1. The summed E-state index contributed by atoms with van der Waals surface area (Å²) in [5.74, 6) is 1.83. The summed E-state index contributed by atoms with van der Waals surface area (Å²) in [5, 5.41) is 2.89. The number of hydrogen-bond acceptors (Lipinski definition) is 3. The van der Waals surface area contributed by atoms with Crippen LogP contribution in [0.3, 0.4) is 0 Å². The molecule has 0 spiro atoms. The number of ether oxygens (including phenoxy) is 2. The Balaban J connectivity index is 1.58. The minimum absolute atomic E-state index is 0.137. The Hall–Kier alpha value is -2.75. The maximum absolute atomic E-state index is 12.1. The van der Waals surface area contributed by atoms with Gasteiger partial charge >= 0.3 is 0 Å². The molecule has 0 radical (unpaired) electrons. The van der Waals surface area contributed by atoms with Crippen LogP contribution in [0.4, 0.5) is 0 Å². The summed E-state index contributed by atoms with van der Waals surface area (Å²) >= 11 is 0. The average Bonchev–Trinajstić information content (AvgIpc) is 2.65. The largest absolute Gasteiger partial charge is 0.486 e. The standard InChI is InChI=1S/C21H23NO3/c1-15(2)17-9-6-16(7-10-17)8-11-20(23)22-14-18-4-3-5-19-21(18)25-13-12-24-19/h3-11,15H,12-14H2,1-2H3,(H,22,23)/b11-8+. The Morgan fingerprint density at radius 2 is 1.88 bits per heavy atom. The molecule has 3 rings (SSSR count). The van der Waals surface area contributed by atoms with Crippen molar-refractivity contribution in [2.24, 2.45) is 0 Å². The maximum atomic E-state index is 12.1. The molecular formula is C21H23NO3. The van der Waals surface area contributed by atoms with Crippen LogP contribution in [0, 0.1) is 0 Å². The first-order valence-electron chi connectivity index (χ1n) is 8.57. The Bertz CT molecular complexity index is 763. The lowest BCUT2D eigenvalue weighted by molar-refractivity contribution is -0.116. The van der Waals surface area contributed by atoms with Crippen LogP contribution in [0.5, 0.6) is 11.5 Å². The van der Waals surface area contributed by atoms with Crippen molar-refractivity contribution in [1.82, 2.24) is 5.32 Å². The van der Waals surface area contributed by atoms with Crippen molar-refractivity contribution >= 4 is 12.0 Å². The Labute approximate surface area is 148 Å². The third kappa shape index (κ3) is 4.41. The van der Waals surface area contributed by atoms with Crippen molar-refractivity contribution in [2.45, 2.75) is 26.3 Å². The molecule has 130 valence electrons. The first-order chi connectivity index (χ1) is 12.1. The summed E-state index contributed by atoms with van der Waals surface area (Å²) in [6.45, 7) is 5.82. The van der Waals surface area contributed by atoms with E-state index in [1.165, 1.54) is 5.56 Å². The summed E-state index contributed by atoms with van der Waals surface area (Å²) in [4.78, 5) is 12.1. The van der Waals surface area contributed by atoms with Crippen LogP contribution in [-0.2, 0) is 11.3 Å². The van der Waals surface area contributed by atoms with Gasteiger partial charge in [0.25, 0.3) is 0 Å². The third-order valence-electron chi connectivity index (χ3n) is 4.13. The highest BCUT2D eigenvalue weighted by Gasteiger charge is 2.15. The predicted molar refractivity (Wildman–Crippen MR) is 98.8 cm³/mol. The van der Waals surface area contributed by atoms with Crippen LogP contribution >= 0.6 is 0 Å². The molecule has 0 aliphatic carbocycles. The van der Waals surface area contributed by atoms with Crippen molar-refractivity contribution in [3.8, 4) is 11.5 Å². The van der Waals surface area contributed by atoms with Gasteiger partial charge in [0, 0.05) is 18.2 Å². The van der Waals surface area contributed by atoms with Crippen LogP contribution in [0.25, 0.3) is 6.08 Å². The number of carbonyl (C=O) groups excluding carboxylic acids is 1. The molecule has 4 nitrogen and oxygen atoms in total. The lowest BCUT2D eigenvalue weighted by Crippen LogP contribution is -2.22. The molecule has 0 aromatic heterocycles. The van der Waals surface area contributed by atoms with Gasteiger partial charge in [-0.05, 0) is 29.2 Å². The van der Waals surface area contributed by atoms with Crippen molar-refractivity contribution < 1.29 is 14.3 Å². The minimum atomic E-state index is -0.137. The molecule has 0 fully saturated rings. The fourth-order valence-corrected chi connectivity index (χ4v) is 2.68. The van der Waals surface area contributed by atoms with Gasteiger partial charge in [-0.15, -0.1) is 0 Å². The zero-order valence-corrected chi connectivity index (χ0v) is 14.6. The van der Waals surface area contributed by atoms with Gasteiger partial charge in [0.15, 0.2) is 11.5 Å². The molecule has 0 bridgehead atoms. The molecule has 1 amide bonds. The number of para-hydroxylation sites is 1. The number of hydrogen-bond donors (Lipinski definition) is 1. The highest BCUT2D eigenvalue weighted by atomic mass is 16.6. The number of rotatable bonds is 5. The normalized spacial score (nSPS) is 13.2. The van der Waals surface area contributed by atoms with Gasteiger partial charge in [0.05, 0.1) is 0 Å². The molecule has 1 aliphatic rings. The molecule has 0 atom stereocenters. The van der Waals surface area contributed by atoms with Crippen LogP contribution in [0.1, 0.15) is 36.5 Å². The van der Waals surface area contributed by atoms with Gasteiger partial charge in [-0.3, -0.25) is 4.79 Å². The SMILES string of the molecule is CC(C)c1ccc(/C=C/C(=O)NCc2cccc3c2OCCO3)cc1. The second kappa shape index (κ2) is 7.88. The average molecular weight is 337 g/mol. The fourth-order valence-electron chi connectivity index (χ4n) is 2.68. The Morgan fingerprint density at radius 1 is 1.12 bits per heavy atom. The van der Waals surface area contributed by atoms with Gasteiger partial charge in [-0.1, -0.05) is 50.2 Å². The van der Waals surface area contributed by atoms with Crippen LogP contribution in [0.2, 0.25) is 0 Å². The molecule has 25 heavy (non-hydrogen) atoms. The fraction of sp³-hybridized carbons (Fsp3) is 0.286. The van der Waals surface area contributed by atoms with E-state index in [-0.39, 0.29) is 5.91 Å². The first kappa shape index (κ1) is 17.1. The van der Waals surface area contributed by atoms with Gasteiger partial charge in [-0.25, -0.2) is 0 Å². The van der Waals surface area contributed by atoms with E-state index in [1.807, 2.05) is 36.4 Å². The van der Waals surface area contributed by atoms with E-state index in [0.29, 0.717) is 25.7 Å². The van der Waals surface area contributed by atoms with E-state index in [2.05, 4.69) is 31.3 Å². The lowest BCUT2D eigenvalue weighted by Gasteiger charge is -2.20. The van der Waals surface area contributed by atoms with Crippen molar-refractivity contribution in [2.75, 3.05) is 13.2 Å². The van der Waals surface area contributed by atoms with Crippen LogP contribution in [0.15, 0.2) is 48.5 Å². The third-order valence-corrected chi connectivity index (χ3v) is 4.13. The predicted octanol–water partition coefficient (Wildman–Crippen LogP) is 3.91. The molecule has 0 saturated carbocycles. The van der Waals surface area contributed by atoms with Gasteiger partial charge in [0.2, 0.25) is 5.91 Å². The van der Waals surface area contributed by atoms with Gasteiger partial charge in [-0.2, -0.15) is 0 Å². The molecular weight excluding hydrogens is 314 g/mol. The molecule has 1 aliphatic heterocycles. The monoisotopic (exact) mass is 337 g/mol. The molecule has 2 aromatic carbocycles. The highest BCUT2D eigenvalue weighted by Crippen LogP contribution is 2.33. The van der Waals surface area contributed by atoms with Crippen LogP contribution < -0.4 is 14.8 Å². The smallest absolute Gasteiger partial charge is 0.244 e. The summed E-state index contributed by atoms with van der Waals surface area (Å²) in [6.07, 6.45) is 3.37. The van der Waals surface area contributed by atoms with Gasteiger partial charge < -0.3 is 14.8 Å². The van der Waals surface area contributed by atoms with Gasteiger partial charge in [0.1, 0.15) is 13.2 Å². The quantitative estimate of drug-likeness (QED) is 0.842. The minimum Gasteiger partial charge on any atom is -0.486 e. The zero-order valence-electron chi connectivity index (χ0n) is 14.6. The second-order valence-corrected chi connectivity index (χ2v) is 6.31. The number of amides is 1. The molecule has 0 saturated heterocycles. The number of benzene rings is 2. The van der Waals surface area contributed by atoms with Crippen molar-refractivity contribution in [3.05, 3.63) is 65.2 Å². The molecule has 1 heterocycles. The Morgan fingerprint density at radius 3 is 2.64 bits per heavy atom. The molecule has 1 N–H and O–H groups in total. The van der Waals surface area contributed by atoms with E-state index in [4.69, 9.17) is 9.47 Å². The topological polar surface area (TPSA) is 47.6 Å². The summed E-state index contributed by atoms with van der Waals surface area (Å²) in [5.41, 5.74) is 3.21. The van der Waals surface area contributed by atoms with Crippen LogP contribution in [-0.4, -0.2) is 19.1 Å².